The summed E-state index contributed by atoms with van der Waals surface area (Å²) in [6, 6.07) is 11.6. The molecule has 0 aliphatic carbocycles. The van der Waals surface area contributed by atoms with E-state index in [1.807, 2.05) is 0 Å². The van der Waals surface area contributed by atoms with E-state index < -0.39 is 22.9 Å². The van der Waals surface area contributed by atoms with Gasteiger partial charge >= 0.3 is 5.97 Å². The smallest absolute Gasteiger partial charge is 0.335 e. The van der Waals surface area contributed by atoms with Gasteiger partial charge in [0.25, 0.3) is 11.1 Å². The van der Waals surface area contributed by atoms with Gasteiger partial charge in [0.1, 0.15) is 5.82 Å². The highest BCUT2D eigenvalue weighted by atomic mass is 32.2. The second-order valence-corrected chi connectivity index (χ2v) is 6.32. The molecule has 1 aliphatic rings. The van der Waals surface area contributed by atoms with Gasteiger partial charge in [0, 0.05) is 0 Å². The van der Waals surface area contributed by atoms with E-state index in [1.165, 1.54) is 42.5 Å². The molecule has 1 heterocycles. The minimum atomic E-state index is -1.07. The molecule has 0 atom stereocenters. The van der Waals surface area contributed by atoms with E-state index in [0.717, 1.165) is 16.7 Å². The largest absolute Gasteiger partial charge is 0.478 e. The molecule has 25 heavy (non-hydrogen) atoms. The number of carbonyl (C=O) groups is 3. The summed E-state index contributed by atoms with van der Waals surface area (Å²) in [7, 11) is 0. The fourth-order valence-corrected chi connectivity index (χ4v) is 3.16. The van der Waals surface area contributed by atoms with Crippen LogP contribution in [0.4, 0.5) is 9.18 Å². The number of amides is 2. The van der Waals surface area contributed by atoms with E-state index in [2.05, 4.69) is 0 Å². The van der Waals surface area contributed by atoms with E-state index in [1.54, 1.807) is 12.1 Å². The number of imide groups is 1. The SMILES string of the molecule is O=C(O)c1cccc(/C=C2/SC(=O)N(Cc3ccc(F)cc3)C2=O)c1. The molecule has 1 fully saturated rings. The number of carboxylic acid groups (broad SMARTS) is 1. The molecule has 0 radical (unpaired) electrons. The zero-order valence-corrected chi connectivity index (χ0v) is 13.6. The highest BCUT2D eigenvalue weighted by molar-refractivity contribution is 8.18. The van der Waals surface area contributed by atoms with Gasteiger partial charge < -0.3 is 5.11 Å². The van der Waals surface area contributed by atoms with E-state index in [-0.39, 0.29) is 17.0 Å². The molecular weight excluding hydrogens is 345 g/mol. The van der Waals surface area contributed by atoms with Gasteiger partial charge in [-0.15, -0.1) is 0 Å². The zero-order valence-electron chi connectivity index (χ0n) is 12.8. The van der Waals surface area contributed by atoms with E-state index in [9.17, 15) is 18.8 Å². The summed E-state index contributed by atoms with van der Waals surface area (Å²) in [5.74, 6) is -1.92. The lowest BCUT2D eigenvalue weighted by molar-refractivity contribution is -0.123. The van der Waals surface area contributed by atoms with Crippen molar-refractivity contribution in [3.63, 3.8) is 0 Å². The van der Waals surface area contributed by atoms with Crippen LogP contribution in [0.15, 0.2) is 53.4 Å². The molecule has 5 nitrogen and oxygen atoms in total. The Morgan fingerprint density at radius 2 is 1.88 bits per heavy atom. The number of thioether (sulfide) groups is 1. The minimum Gasteiger partial charge on any atom is -0.478 e. The number of carbonyl (C=O) groups excluding carboxylic acids is 2. The topological polar surface area (TPSA) is 74.7 Å². The number of aromatic carboxylic acids is 1. The number of carboxylic acids is 1. The highest BCUT2D eigenvalue weighted by Gasteiger charge is 2.34. The molecule has 2 aromatic carbocycles. The maximum Gasteiger partial charge on any atom is 0.335 e. The van der Waals surface area contributed by atoms with Gasteiger partial charge in [0.05, 0.1) is 17.0 Å². The lowest BCUT2D eigenvalue weighted by Crippen LogP contribution is -2.27. The summed E-state index contributed by atoms with van der Waals surface area (Å²) in [5.41, 5.74) is 1.25. The summed E-state index contributed by atoms with van der Waals surface area (Å²) in [6.07, 6.45) is 1.49. The molecular formula is C18H12FNO4S. The zero-order chi connectivity index (χ0) is 18.0. The third kappa shape index (κ3) is 3.77. The molecule has 1 N–H and O–H groups in total. The lowest BCUT2D eigenvalue weighted by Gasteiger charge is -2.12. The Bertz CT molecular complexity index is 892. The van der Waals surface area contributed by atoms with Crippen LogP contribution in [0.1, 0.15) is 21.5 Å². The van der Waals surface area contributed by atoms with Crippen molar-refractivity contribution in [1.82, 2.24) is 4.90 Å². The van der Waals surface area contributed by atoms with Crippen LogP contribution in [-0.4, -0.2) is 27.1 Å². The first-order chi connectivity index (χ1) is 11.9. The van der Waals surface area contributed by atoms with E-state index in [4.69, 9.17) is 5.11 Å². The Balaban J connectivity index is 1.82. The first-order valence-electron chi connectivity index (χ1n) is 7.27. The van der Waals surface area contributed by atoms with Gasteiger partial charge in [-0.05, 0) is 53.2 Å². The summed E-state index contributed by atoms with van der Waals surface area (Å²) in [6.45, 7) is 0.0530. The van der Waals surface area contributed by atoms with Gasteiger partial charge in [-0.1, -0.05) is 24.3 Å². The van der Waals surface area contributed by atoms with Gasteiger partial charge in [-0.3, -0.25) is 14.5 Å². The summed E-state index contributed by atoms with van der Waals surface area (Å²) >= 11 is 0.790. The molecule has 7 heteroatoms. The van der Waals surface area contributed by atoms with Crippen molar-refractivity contribution >= 4 is 35.0 Å². The van der Waals surface area contributed by atoms with Gasteiger partial charge in [-0.25, -0.2) is 9.18 Å². The molecule has 0 bridgehead atoms. The van der Waals surface area contributed by atoms with Gasteiger partial charge in [0.2, 0.25) is 0 Å². The molecule has 0 unspecified atom stereocenters. The molecule has 2 aromatic rings. The Morgan fingerprint density at radius 1 is 1.16 bits per heavy atom. The predicted octanol–water partition coefficient (Wildman–Crippen LogP) is 3.76. The molecule has 1 saturated heterocycles. The second-order valence-electron chi connectivity index (χ2n) is 5.32. The molecule has 0 saturated carbocycles. The number of rotatable bonds is 4. The Morgan fingerprint density at radius 3 is 2.56 bits per heavy atom. The Hall–Kier alpha value is -2.93. The first-order valence-corrected chi connectivity index (χ1v) is 8.09. The van der Waals surface area contributed by atoms with Crippen LogP contribution in [0.25, 0.3) is 6.08 Å². The van der Waals surface area contributed by atoms with Crippen molar-refractivity contribution in [1.29, 1.82) is 0 Å². The molecule has 1 aliphatic heterocycles. The van der Waals surface area contributed by atoms with Crippen molar-refractivity contribution in [2.24, 2.45) is 0 Å². The van der Waals surface area contributed by atoms with E-state index in [0.29, 0.717) is 11.1 Å². The summed E-state index contributed by atoms with van der Waals surface area (Å²) in [5, 5.41) is 8.59. The average molecular weight is 357 g/mol. The van der Waals surface area contributed by atoms with Crippen molar-refractivity contribution in [3.05, 3.63) is 75.9 Å². The third-order valence-corrected chi connectivity index (χ3v) is 4.47. The predicted molar refractivity (Wildman–Crippen MR) is 91.3 cm³/mol. The quantitative estimate of drug-likeness (QED) is 0.844. The van der Waals surface area contributed by atoms with Crippen molar-refractivity contribution < 1.29 is 23.9 Å². The summed E-state index contributed by atoms with van der Waals surface area (Å²) in [4.78, 5) is 36.8. The highest BCUT2D eigenvalue weighted by Crippen LogP contribution is 2.33. The molecule has 2 amide bonds. The average Bonchev–Trinajstić information content (AvgIpc) is 2.84. The third-order valence-electron chi connectivity index (χ3n) is 3.56. The standard InChI is InChI=1S/C18H12FNO4S/c19-14-6-4-11(5-7-14)10-20-16(21)15(25-18(20)24)9-12-2-1-3-13(8-12)17(22)23/h1-9H,10H2,(H,22,23)/b15-9+. The van der Waals surface area contributed by atoms with Crippen molar-refractivity contribution in [3.8, 4) is 0 Å². The van der Waals surface area contributed by atoms with Crippen molar-refractivity contribution in [2.45, 2.75) is 6.54 Å². The number of halogens is 1. The van der Waals surface area contributed by atoms with Crippen LogP contribution in [0, 0.1) is 5.82 Å². The fourth-order valence-electron chi connectivity index (χ4n) is 2.32. The number of nitrogens with zero attached hydrogens (tertiary/aromatic N) is 1. The molecule has 0 spiro atoms. The van der Waals surface area contributed by atoms with Crippen LogP contribution in [-0.2, 0) is 11.3 Å². The monoisotopic (exact) mass is 357 g/mol. The van der Waals surface area contributed by atoms with Gasteiger partial charge in [-0.2, -0.15) is 0 Å². The van der Waals surface area contributed by atoms with E-state index >= 15 is 0 Å². The minimum absolute atomic E-state index is 0.0530. The fraction of sp³-hybridized carbons (Fsp3) is 0.0556. The lowest BCUT2D eigenvalue weighted by atomic mass is 10.1. The van der Waals surface area contributed by atoms with Crippen molar-refractivity contribution in [2.75, 3.05) is 0 Å². The second kappa shape index (κ2) is 6.90. The Kier molecular flexibility index (Phi) is 4.67. The van der Waals surface area contributed by atoms with Gasteiger partial charge in [0.15, 0.2) is 0 Å². The number of hydrogen-bond acceptors (Lipinski definition) is 4. The molecule has 3 rings (SSSR count). The number of benzene rings is 2. The molecule has 0 aromatic heterocycles. The Labute approximate surface area is 146 Å². The van der Waals surface area contributed by atoms with Crippen LogP contribution in [0.3, 0.4) is 0 Å². The van der Waals surface area contributed by atoms with Crippen LogP contribution >= 0.6 is 11.8 Å². The maximum absolute atomic E-state index is 12.9. The van der Waals surface area contributed by atoms with Crippen LogP contribution in [0.2, 0.25) is 0 Å². The van der Waals surface area contributed by atoms with Crippen LogP contribution in [0.5, 0.6) is 0 Å². The first kappa shape index (κ1) is 16.9. The normalized spacial score (nSPS) is 15.9. The summed E-state index contributed by atoms with van der Waals surface area (Å²) < 4.78 is 12.9. The van der Waals surface area contributed by atoms with Crippen LogP contribution < -0.4 is 0 Å². The number of hydrogen-bond donors (Lipinski definition) is 1. The maximum atomic E-state index is 12.9. The molecule has 126 valence electrons.